The van der Waals surface area contributed by atoms with Gasteiger partial charge in [0.1, 0.15) is 5.75 Å². The van der Waals surface area contributed by atoms with Crippen LogP contribution >= 0.6 is 11.6 Å². The number of likely N-dealkylation sites (tertiary alicyclic amines) is 1. The van der Waals surface area contributed by atoms with Gasteiger partial charge >= 0.3 is 0 Å². The molecule has 2 aromatic carbocycles. The van der Waals surface area contributed by atoms with Gasteiger partial charge in [-0.15, -0.1) is 0 Å². The van der Waals surface area contributed by atoms with Gasteiger partial charge in [0.25, 0.3) is 0 Å². The van der Waals surface area contributed by atoms with Crippen LogP contribution in [0.15, 0.2) is 42.5 Å². The fourth-order valence-electron chi connectivity index (χ4n) is 3.33. The van der Waals surface area contributed by atoms with Crippen LogP contribution in [0.4, 0.5) is 5.69 Å². The minimum atomic E-state index is -0.342. The quantitative estimate of drug-likeness (QED) is 0.823. The molecule has 1 aliphatic rings. The first kappa shape index (κ1) is 19.2. The predicted molar refractivity (Wildman–Crippen MR) is 106 cm³/mol. The molecule has 2 aromatic rings. The Morgan fingerprint density at radius 2 is 2.07 bits per heavy atom. The van der Waals surface area contributed by atoms with Gasteiger partial charge in [0.05, 0.1) is 13.0 Å². The summed E-state index contributed by atoms with van der Waals surface area (Å²) in [6.45, 7) is 2.90. The van der Waals surface area contributed by atoms with E-state index in [4.69, 9.17) is 16.3 Å². The highest BCUT2D eigenvalue weighted by molar-refractivity contribution is 6.30. The van der Waals surface area contributed by atoms with Crippen LogP contribution < -0.4 is 10.1 Å². The van der Waals surface area contributed by atoms with Crippen molar-refractivity contribution >= 4 is 29.1 Å². The van der Waals surface area contributed by atoms with Crippen LogP contribution in [0.25, 0.3) is 0 Å². The lowest BCUT2D eigenvalue weighted by molar-refractivity contribution is -0.128. The molecule has 1 N–H and O–H groups in total. The molecular formula is C21H23ClN2O3. The summed E-state index contributed by atoms with van der Waals surface area (Å²) in [5.74, 6) is 0.355. The molecule has 1 aliphatic heterocycles. The average molecular weight is 387 g/mol. The number of anilines is 1. The van der Waals surface area contributed by atoms with E-state index < -0.39 is 0 Å². The Labute approximate surface area is 164 Å². The number of amides is 2. The molecule has 3 rings (SSSR count). The summed E-state index contributed by atoms with van der Waals surface area (Å²) in [6, 6.07) is 13.1. The first-order chi connectivity index (χ1) is 13.0. The lowest BCUT2D eigenvalue weighted by atomic mass is 10.1. The normalized spacial score (nSPS) is 16.5. The molecule has 1 unspecified atom stereocenters. The number of ether oxygens (including phenoxy) is 1. The first-order valence-corrected chi connectivity index (χ1v) is 9.32. The number of hydrogen-bond donors (Lipinski definition) is 1. The molecule has 27 heavy (non-hydrogen) atoms. The Balaban J connectivity index is 1.58. The largest absolute Gasteiger partial charge is 0.496 e. The fourth-order valence-corrected chi connectivity index (χ4v) is 3.56. The van der Waals surface area contributed by atoms with E-state index in [-0.39, 0.29) is 24.2 Å². The summed E-state index contributed by atoms with van der Waals surface area (Å²) < 4.78 is 5.36. The van der Waals surface area contributed by atoms with Crippen LogP contribution in [-0.4, -0.2) is 36.9 Å². The molecule has 6 heteroatoms. The number of carbonyl (C=O) groups excluding carboxylic acids is 2. The molecule has 1 saturated heterocycles. The molecule has 0 aliphatic carbocycles. The van der Waals surface area contributed by atoms with Gasteiger partial charge in [-0.25, -0.2) is 0 Å². The summed E-state index contributed by atoms with van der Waals surface area (Å²) in [5, 5.41) is 3.54. The second-order valence-corrected chi connectivity index (χ2v) is 7.19. The van der Waals surface area contributed by atoms with Crippen LogP contribution in [0.5, 0.6) is 5.75 Å². The van der Waals surface area contributed by atoms with E-state index in [0.29, 0.717) is 24.5 Å². The molecule has 0 aromatic heterocycles. The van der Waals surface area contributed by atoms with Crippen molar-refractivity contribution in [3.8, 4) is 5.75 Å². The Hall–Kier alpha value is -2.53. The number of nitrogens with zero attached hydrogens (tertiary/aromatic N) is 1. The molecule has 142 valence electrons. The Morgan fingerprint density at radius 1 is 1.30 bits per heavy atom. The monoisotopic (exact) mass is 386 g/mol. The fraction of sp³-hybridized carbons (Fsp3) is 0.333. The van der Waals surface area contributed by atoms with Gasteiger partial charge in [-0.2, -0.15) is 0 Å². The Morgan fingerprint density at radius 3 is 2.81 bits per heavy atom. The van der Waals surface area contributed by atoms with Crippen LogP contribution in [0.3, 0.4) is 0 Å². The van der Waals surface area contributed by atoms with Crippen LogP contribution in [0.1, 0.15) is 17.5 Å². The van der Waals surface area contributed by atoms with Crippen molar-refractivity contribution in [2.24, 2.45) is 5.92 Å². The highest BCUT2D eigenvalue weighted by Crippen LogP contribution is 2.24. The summed E-state index contributed by atoms with van der Waals surface area (Å²) in [4.78, 5) is 26.7. The van der Waals surface area contributed by atoms with Gasteiger partial charge in [-0.05, 0) is 48.7 Å². The molecule has 0 spiro atoms. The van der Waals surface area contributed by atoms with Crippen molar-refractivity contribution in [2.45, 2.75) is 19.8 Å². The number of rotatable bonds is 6. The minimum absolute atomic E-state index is 0.0119. The molecule has 1 atom stereocenters. The van der Waals surface area contributed by atoms with Crippen LogP contribution in [-0.2, 0) is 16.0 Å². The van der Waals surface area contributed by atoms with Crippen molar-refractivity contribution in [2.75, 3.05) is 25.5 Å². The van der Waals surface area contributed by atoms with Gasteiger partial charge in [-0.1, -0.05) is 29.8 Å². The molecule has 1 heterocycles. The van der Waals surface area contributed by atoms with E-state index in [1.54, 1.807) is 30.2 Å². The van der Waals surface area contributed by atoms with Crippen molar-refractivity contribution in [1.29, 1.82) is 0 Å². The number of halogens is 1. The zero-order chi connectivity index (χ0) is 19.4. The van der Waals surface area contributed by atoms with Gasteiger partial charge in [0.2, 0.25) is 11.8 Å². The van der Waals surface area contributed by atoms with E-state index in [1.807, 2.05) is 31.2 Å². The SMILES string of the molecule is COc1ccccc1CCN1CC(C(=O)Nc2ccc(Cl)cc2C)CC1=O. The molecule has 2 amide bonds. The predicted octanol–water partition coefficient (Wildman–Crippen LogP) is 3.69. The first-order valence-electron chi connectivity index (χ1n) is 8.94. The second-order valence-electron chi connectivity index (χ2n) is 6.75. The topological polar surface area (TPSA) is 58.6 Å². The van der Waals surface area contributed by atoms with E-state index >= 15 is 0 Å². The number of methoxy groups -OCH3 is 1. The third-order valence-electron chi connectivity index (χ3n) is 4.88. The van der Waals surface area contributed by atoms with Crippen LogP contribution in [0, 0.1) is 12.8 Å². The second kappa shape index (κ2) is 8.44. The van der Waals surface area contributed by atoms with Crippen molar-refractivity contribution in [3.05, 3.63) is 58.6 Å². The van der Waals surface area contributed by atoms with Crippen molar-refractivity contribution < 1.29 is 14.3 Å². The third kappa shape index (κ3) is 4.61. The van der Waals surface area contributed by atoms with Crippen molar-refractivity contribution in [1.82, 2.24) is 4.90 Å². The van der Waals surface area contributed by atoms with Gasteiger partial charge in [0.15, 0.2) is 0 Å². The number of benzene rings is 2. The standard InChI is InChI=1S/C21H23ClN2O3/c1-14-11-17(22)7-8-18(14)23-21(26)16-12-20(25)24(13-16)10-9-15-5-3-4-6-19(15)27-2/h3-8,11,16H,9-10,12-13H2,1-2H3,(H,23,26). The lowest BCUT2D eigenvalue weighted by Crippen LogP contribution is -2.30. The smallest absolute Gasteiger partial charge is 0.229 e. The van der Waals surface area contributed by atoms with Gasteiger partial charge in [0, 0.05) is 30.2 Å². The maximum atomic E-state index is 12.6. The van der Waals surface area contributed by atoms with E-state index in [2.05, 4.69) is 5.32 Å². The highest BCUT2D eigenvalue weighted by Gasteiger charge is 2.34. The Bertz CT molecular complexity index is 853. The summed E-state index contributed by atoms with van der Waals surface area (Å²) in [7, 11) is 1.64. The number of nitrogens with one attached hydrogen (secondary N) is 1. The number of hydrogen-bond acceptors (Lipinski definition) is 3. The number of carbonyl (C=O) groups is 2. The summed E-state index contributed by atoms with van der Waals surface area (Å²) >= 11 is 5.95. The molecular weight excluding hydrogens is 364 g/mol. The van der Waals surface area contributed by atoms with Gasteiger partial charge in [-0.3, -0.25) is 9.59 Å². The van der Waals surface area contributed by atoms with E-state index in [1.165, 1.54) is 0 Å². The molecule has 1 fully saturated rings. The number of para-hydroxylation sites is 1. The minimum Gasteiger partial charge on any atom is -0.496 e. The maximum absolute atomic E-state index is 12.6. The molecule has 0 saturated carbocycles. The highest BCUT2D eigenvalue weighted by atomic mass is 35.5. The lowest BCUT2D eigenvalue weighted by Gasteiger charge is -2.18. The molecule has 0 radical (unpaired) electrons. The summed E-state index contributed by atoms with van der Waals surface area (Å²) in [5.41, 5.74) is 2.68. The van der Waals surface area contributed by atoms with Gasteiger partial charge < -0.3 is 15.0 Å². The Kier molecular flexibility index (Phi) is 6.01. The van der Waals surface area contributed by atoms with E-state index in [0.717, 1.165) is 22.6 Å². The number of aryl methyl sites for hydroxylation is 1. The third-order valence-corrected chi connectivity index (χ3v) is 5.11. The summed E-state index contributed by atoms with van der Waals surface area (Å²) in [6.07, 6.45) is 0.935. The van der Waals surface area contributed by atoms with Crippen LogP contribution in [0.2, 0.25) is 5.02 Å². The molecule has 5 nitrogen and oxygen atoms in total. The maximum Gasteiger partial charge on any atom is 0.229 e. The average Bonchev–Trinajstić information content (AvgIpc) is 3.03. The zero-order valence-electron chi connectivity index (χ0n) is 15.5. The zero-order valence-corrected chi connectivity index (χ0v) is 16.3. The van der Waals surface area contributed by atoms with E-state index in [9.17, 15) is 9.59 Å². The van der Waals surface area contributed by atoms with Crippen molar-refractivity contribution in [3.63, 3.8) is 0 Å². The molecule has 0 bridgehead atoms.